The van der Waals surface area contributed by atoms with Crippen LogP contribution >= 0.6 is 23.2 Å². The summed E-state index contributed by atoms with van der Waals surface area (Å²) in [6, 6.07) is 8.15. The number of nitrogens with one attached hydrogen (secondary N) is 1. The summed E-state index contributed by atoms with van der Waals surface area (Å²) >= 11 is 11.2. The Labute approximate surface area is 194 Å². The summed E-state index contributed by atoms with van der Waals surface area (Å²) in [6.45, 7) is -0.0138. The van der Waals surface area contributed by atoms with Gasteiger partial charge in [0, 0.05) is 24.1 Å². The third-order valence-corrected chi connectivity index (χ3v) is 6.51. The van der Waals surface area contributed by atoms with E-state index < -0.39 is 11.6 Å². The Bertz CT molecular complexity index is 1040. The highest BCUT2D eigenvalue weighted by atomic mass is 35.5. The van der Waals surface area contributed by atoms with Gasteiger partial charge in [-0.2, -0.15) is 0 Å². The van der Waals surface area contributed by atoms with Gasteiger partial charge in [0.25, 0.3) is 0 Å². The van der Waals surface area contributed by atoms with E-state index >= 15 is 0 Å². The first-order valence-corrected chi connectivity index (χ1v) is 10.9. The van der Waals surface area contributed by atoms with E-state index in [-0.39, 0.29) is 58.1 Å². The van der Waals surface area contributed by atoms with Crippen LogP contribution in [0.2, 0.25) is 10.0 Å². The number of ketones is 1. The first kappa shape index (κ1) is 22.8. The smallest absolute Gasteiger partial charge is 0.223 e. The number of carbonyl (C=O) groups is 2. The largest absolute Gasteiger partial charge is 0.493 e. The molecular formula is C23H21Cl2F2NO4. The lowest BCUT2D eigenvalue weighted by atomic mass is 9.38. The number of amides is 1. The lowest BCUT2D eigenvalue weighted by Crippen LogP contribution is -2.75. The number of halogens is 4. The quantitative estimate of drug-likeness (QED) is 0.509. The molecule has 3 aliphatic rings. The van der Waals surface area contributed by atoms with Crippen LogP contribution in [0.3, 0.4) is 0 Å². The minimum absolute atomic E-state index is 0.00433. The molecule has 0 saturated heterocycles. The molecular weight excluding hydrogens is 463 g/mol. The zero-order chi connectivity index (χ0) is 22.9. The molecule has 0 unspecified atom stereocenters. The van der Waals surface area contributed by atoms with Gasteiger partial charge >= 0.3 is 0 Å². The summed E-state index contributed by atoms with van der Waals surface area (Å²) in [5, 5.41) is 3.03. The molecule has 0 atom stereocenters. The molecule has 3 saturated carbocycles. The van der Waals surface area contributed by atoms with E-state index in [4.69, 9.17) is 32.7 Å². The van der Waals surface area contributed by atoms with Crippen molar-refractivity contribution in [2.75, 3.05) is 13.2 Å². The van der Waals surface area contributed by atoms with Crippen LogP contribution in [-0.4, -0.2) is 30.4 Å². The summed E-state index contributed by atoms with van der Waals surface area (Å²) < 4.78 is 37.6. The fourth-order valence-electron chi connectivity index (χ4n) is 4.70. The molecule has 2 bridgehead atoms. The number of rotatable bonds is 10. The molecule has 0 spiro atoms. The standard InChI is InChI=1S/C23H21Cl2F2NO4/c24-17-3-1-15(7-19(17)26)31-6-5-21(30)28-23-11-22(12-23,13-23)9-14(29)10-32-16-2-4-18(25)20(27)8-16/h1-4,7-8H,5-6,9-13H2,(H,28,30). The summed E-state index contributed by atoms with van der Waals surface area (Å²) in [6.07, 6.45) is 2.75. The maximum Gasteiger partial charge on any atom is 0.223 e. The van der Waals surface area contributed by atoms with Gasteiger partial charge < -0.3 is 14.8 Å². The van der Waals surface area contributed by atoms with Crippen molar-refractivity contribution < 1.29 is 27.8 Å². The van der Waals surface area contributed by atoms with E-state index in [2.05, 4.69) is 5.32 Å². The first-order chi connectivity index (χ1) is 15.2. The second-order valence-electron chi connectivity index (χ2n) is 8.61. The molecule has 0 aliphatic heterocycles. The SMILES string of the molecule is O=C(COc1ccc(Cl)c(F)c1)CC12CC(NC(=O)CCOc3ccc(Cl)c(F)c3)(C1)C2. The van der Waals surface area contributed by atoms with Crippen molar-refractivity contribution in [2.24, 2.45) is 5.41 Å². The molecule has 2 aromatic carbocycles. The number of hydrogen-bond acceptors (Lipinski definition) is 4. The molecule has 5 nitrogen and oxygen atoms in total. The first-order valence-electron chi connectivity index (χ1n) is 10.2. The van der Waals surface area contributed by atoms with E-state index in [1.165, 1.54) is 24.3 Å². The topological polar surface area (TPSA) is 64.6 Å². The minimum atomic E-state index is -0.598. The van der Waals surface area contributed by atoms with Crippen molar-refractivity contribution in [3.05, 3.63) is 58.1 Å². The van der Waals surface area contributed by atoms with Gasteiger partial charge in [0.15, 0.2) is 5.78 Å². The zero-order valence-corrected chi connectivity index (χ0v) is 18.6. The maximum absolute atomic E-state index is 13.4. The molecule has 3 aliphatic carbocycles. The van der Waals surface area contributed by atoms with Gasteiger partial charge in [-0.15, -0.1) is 0 Å². The number of ether oxygens (including phenoxy) is 2. The number of hydrogen-bond donors (Lipinski definition) is 1. The molecule has 9 heteroatoms. The van der Waals surface area contributed by atoms with Gasteiger partial charge in [-0.3, -0.25) is 9.59 Å². The molecule has 0 aromatic heterocycles. The minimum Gasteiger partial charge on any atom is -0.493 e. The van der Waals surface area contributed by atoms with Gasteiger partial charge in [0.2, 0.25) is 5.91 Å². The number of Topliss-reactive ketones (excluding diaryl/α,β-unsaturated/α-hetero) is 1. The normalized spacial score (nSPS) is 23.0. The van der Waals surface area contributed by atoms with Crippen LogP contribution in [0.1, 0.15) is 32.1 Å². The highest BCUT2D eigenvalue weighted by molar-refractivity contribution is 6.31. The fourth-order valence-corrected chi connectivity index (χ4v) is 4.94. The van der Waals surface area contributed by atoms with Crippen molar-refractivity contribution in [2.45, 2.75) is 37.6 Å². The van der Waals surface area contributed by atoms with Crippen molar-refractivity contribution in [3.63, 3.8) is 0 Å². The Hall–Kier alpha value is -2.38. The monoisotopic (exact) mass is 483 g/mol. The van der Waals surface area contributed by atoms with Crippen LogP contribution in [0, 0.1) is 17.0 Å². The van der Waals surface area contributed by atoms with E-state index in [9.17, 15) is 18.4 Å². The van der Waals surface area contributed by atoms with Gasteiger partial charge in [-0.25, -0.2) is 8.78 Å². The van der Waals surface area contributed by atoms with Gasteiger partial charge in [0.1, 0.15) is 29.7 Å². The lowest BCUT2D eigenvalue weighted by Gasteiger charge is -2.70. The number of carbonyl (C=O) groups excluding carboxylic acids is 2. The Morgan fingerprint density at radius 1 is 0.938 bits per heavy atom. The Balaban J connectivity index is 1.14. The highest BCUT2D eigenvalue weighted by Crippen LogP contribution is 2.69. The van der Waals surface area contributed by atoms with Crippen LogP contribution < -0.4 is 14.8 Å². The molecule has 170 valence electrons. The van der Waals surface area contributed by atoms with Crippen LogP contribution in [0.5, 0.6) is 11.5 Å². The number of benzene rings is 2. The Morgan fingerprint density at radius 3 is 2.06 bits per heavy atom. The third kappa shape index (κ3) is 4.99. The predicted octanol–water partition coefficient (Wildman–Crippen LogP) is 5.12. The van der Waals surface area contributed by atoms with E-state index in [0.29, 0.717) is 12.2 Å². The molecule has 3 fully saturated rings. The second-order valence-corrected chi connectivity index (χ2v) is 9.43. The van der Waals surface area contributed by atoms with Crippen LogP contribution in [-0.2, 0) is 9.59 Å². The summed E-state index contributed by atoms with van der Waals surface area (Å²) in [5.74, 6) is -0.820. The van der Waals surface area contributed by atoms with Crippen molar-refractivity contribution >= 4 is 34.9 Å². The van der Waals surface area contributed by atoms with Crippen molar-refractivity contribution in [1.29, 1.82) is 0 Å². The van der Waals surface area contributed by atoms with Crippen LogP contribution in [0.15, 0.2) is 36.4 Å². The Kier molecular flexibility index (Phi) is 6.32. The van der Waals surface area contributed by atoms with Crippen LogP contribution in [0.4, 0.5) is 8.78 Å². The molecule has 2 aromatic rings. The third-order valence-electron chi connectivity index (χ3n) is 5.90. The fraction of sp³-hybridized carbons (Fsp3) is 0.391. The van der Waals surface area contributed by atoms with E-state index in [0.717, 1.165) is 25.3 Å². The predicted molar refractivity (Wildman–Crippen MR) is 115 cm³/mol. The summed E-state index contributed by atoms with van der Waals surface area (Å²) in [4.78, 5) is 24.5. The molecule has 0 heterocycles. The molecule has 1 amide bonds. The Morgan fingerprint density at radius 2 is 1.50 bits per heavy atom. The van der Waals surface area contributed by atoms with E-state index in [1.807, 2.05) is 0 Å². The van der Waals surface area contributed by atoms with E-state index in [1.54, 1.807) is 6.07 Å². The van der Waals surface area contributed by atoms with Crippen molar-refractivity contribution in [1.82, 2.24) is 5.32 Å². The average molecular weight is 484 g/mol. The summed E-state index contributed by atoms with van der Waals surface area (Å²) in [7, 11) is 0. The zero-order valence-electron chi connectivity index (χ0n) is 17.1. The molecule has 5 rings (SSSR count). The van der Waals surface area contributed by atoms with Gasteiger partial charge in [-0.05, 0) is 48.9 Å². The van der Waals surface area contributed by atoms with Gasteiger partial charge in [0.05, 0.1) is 23.1 Å². The lowest BCUT2D eigenvalue weighted by molar-refractivity contribution is -0.173. The van der Waals surface area contributed by atoms with Crippen LogP contribution in [0.25, 0.3) is 0 Å². The highest BCUT2D eigenvalue weighted by Gasteiger charge is 2.68. The average Bonchev–Trinajstić information content (AvgIpc) is 2.69. The molecule has 32 heavy (non-hydrogen) atoms. The molecule has 1 N–H and O–H groups in total. The molecule has 0 radical (unpaired) electrons. The van der Waals surface area contributed by atoms with Crippen molar-refractivity contribution in [3.8, 4) is 11.5 Å². The second kappa shape index (κ2) is 8.87. The van der Waals surface area contributed by atoms with Gasteiger partial charge in [-0.1, -0.05) is 23.2 Å². The summed E-state index contributed by atoms with van der Waals surface area (Å²) in [5.41, 5.74) is -0.333. The maximum atomic E-state index is 13.4.